The lowest BCUT2D eigenvalue weighted by Crippen LogP contribution is -2.70. The Morgan fingerprint density at radius 2 is 1.83 bits per heavy atom. The zero-order valence-electron chi connectivity index (χ0n) is 36.2. The third-order valence-corrected chi connectivity index (χ3v) is 12.1. The Morgan fingerprint density at radius 3 is 2.52 bits per heavy atom. The zero-order valence-corrected chi connectivity index (χ0v) is 36.2. The summed E-state index contributed by atoms with van der Waals surface area (Å²) in [5, 5.41) is 45.3. The molecule has 1 amide bonds. The van der Waals surface area contributed by atoms with Crippen molar-refractivity contribution in [3.8, 4) is 11.5 Å². The van der Waals surface area contributed by atoms with Gasteiger partial charge in [-0.15, -0.1) is 6.58 Å². The SMILES string of the molecule is C=CCOC12Oc3ccc(OCc4cccc(C)n4)cc3C3C(CCCCO)C(CCCCO)C=C(C(=NOC)CC1N(CCOCCO)C(=O)C=Cc1ccc([N+](=O)[O-])cc1)C32. The van der Waals surface area contributed by atoms with Gasteiger partial charge in [0.25, 0.3) is 5.69 Å². The molecule has 1 fully saturated rings. The fraction of sp³-hybridized carbons (Fsp3) is 0.479. The molecule has 338 valence electrons. The van der Waals surface area contributed by atoms with Crippen molar-refractivity contribution < 1.29 is 48.8 Å². The van der Waals surface area contributed by atoms with Gasteiger partial charge in [-0.1, -0.05) is 36.2 Å². The molecule has 3 aliphatic rings. The van der Waals surface area contributed by atoms with E-state index in [4.69, 9.17) is 23.8 Å². The van der Waals surface area contributed by atoms with Crippen molar-refractivity contribution in [3.05, 3.63) is 124 Å². The van der Waals surface area contributed by atoms with E-state index in [2.05, 4.69) is 22.8 Å². The summed E-state index contributed by atoms with van der Waals surface area (Å²) >= 11 is 0. The van der Waals surface area contributed by atoms with E-state index in [1.54, 1.807) is 29.2 Å². The second-order valence-electron chi connectivity index (χ2n) is 16.1. The predicted octanol–water partition coefficient (Wildman–Crippen LogP) is 6.69. The number of aliphatic hydroxyl groups excluding tert-OH is 3. The van der Waals surface area contributed by atoms with Crippen LogP contribution in [0.2, 0.25) is 0 Å². The van der Waals surface area contributed by atoms with Crippen molar-refractivity contribution >= 4 is 23.4 Å². The quantitative estimate of drug-likeness (QED) is 0.0284. The fourth-order valence-electron chi connectivity index (χ4n) is 9.41. The monoisotopic (exact) mass is 868 g/mol. The van der Waals surface area contributed by atoms with Crippen LogP contribution in [-0.4, -0.2) is 107 Å². The van der Waals surface area contributed by atoms with Gasteiger partial charge in [0.05, 0.1) is 48.7 Å². The van der Waals surface area contributed by atoms with Crippen LogP contribution >= 0.6 is 0 Å². The van der Waals surface area contributed by atoms with Crippen molar-refractivity contribution in [1.29, 1.82) is 0 Å². The van der Waals surface area contributed by atoms with E-state index in [0.29, 0.717) is 35.6 Å². The van der Waals surface area contributed by atoms with Gasteiger partial charge in [-0.25, -0.2) is 0 Å². The number of aromatic nitrogens is 1. The van der Waals surface area contributed by atoms with E-state index in [9.17, 15) is 30.2 Å². The number of oxime groups is 1. The molecule has 1 saturated carbocycles. The summed E-state index contributed by atoms with van der Waals surface area (Å²) in [6.07, 6.45) is 11.5. The number of nitro groups is 1. The van der Waals surface area contributed by atoms with Crippen LogP contribution in [-0.2, 0) is 25.7 Å². The number of aliphatic hydroxyl groups is 3. The minimum absolute atomic E-state index is 0.00801. The maximum Gasteiger partial charge on any atom is 0.269 e. The number of hydrogen-bond acceptors (Lipinski definition) is 13. The van der Waals surface area contributed by atoms with Crippen molar-refractivity contribution in [2.75, 3.05) is 53.3 Å². The summed E-state index contributed by atoms with van der Waals surface area (Å²) in [5.74, 6) is -1.43. The molecule has 3 aromatic rings. The maximum atomic E-state index is 14.7. The normalized spacial score (nSPS) is 23.0. The van der Waals surface area contributed by atoms with Gasteiger partial charge in [0.1, 0.15) is 31.3 Å². The minimum atomic E-state index is -1.50. The molecule has 63 heavy (non-hydrogen) atoms. The molecule has 0 spiro atoms. The molecule has 15 heteroatoms. The van der Waals surface area contributed by atoms with Crippen molar-refractivity contribution in [2.45, 2.75) is 76.2 Å². The van der Waals surface area contributed by atoms with Crippen LogP contribution in [0.3, 0.4) is 0 Å². The molecule has 2 heterocycles. The fourth-order valence-corrected chi connectivity index (χ4v) is 9.41. The minimum Gasteiger partial charge on any atom is -0.487 e. The number of ether oxygens (including phenoxy) is 4. The van der Waals surface area contributed by atoms with Gasteiger partial charge in [0.15, 0.2) is 0 Å². The number of pyridine rings is 1. The molecule has 15 nitrogen and oxygen atoms in total. The molecule has 2 aromatic carbocycles. The van der Waals surface area contributed by atoms with Gasteiger partial charge in [-0.05, 0) is 104 Å². The molecule has 6 rings (SSSR count). The van der Waals surface area contributed by atoms with Crippen molar-refractivity contribution in [1.82, 2.24) is 9.88 Å². The average Bonchev–Trinajstić information content (AvgIpc) is 3.28. The lowest BCUT2D eigenvalue weighted by Gasteiger charge is -2.60. The molecule has 3 N–H and O–H groups in total. The summed E-state index contributed by atoms with van der Waals surface area (Å²) in [6, 6.07) is 16.7. The molecule has 1 aliphatic heterocycles. The van der Waals surface area contributed by atoms with Crippen LogP contribution in [0, 0.1) is 34.8 Å². The summed E-state index contributed by atoms with van der Waals surface area (Å²) < 4.78 is 26.5. The standard InChI is InChI=1S/C48H60N4O11/c1-4-26-62-48-44(51(22-27-60-28-25-55)45(56)21-16-34-14-17-37(18-15-34)52(57)58)31-42(50-59-3)40-29-35(11-5-7-23-53)39(13-6-8-24-54)46(47(40)48)41-30-38(19-20-43(41)63-48)61-32-36-12-9-10-33(2)49-36/h4,9-10,12,14-21,29-30,35,39,44,46-47,53-55H,1,5-8,11,13,22-28,31-32H2,2-3H3. The molecule has 1 aromatic heterocycles. The van der Waals surface area contributed by atoms with Gasteiger partial charge >= 0.3 is 0 Å². The van der Waals surface area contributed by atoms with Crippen LogP contribution in [0.4, 0.5) is 5.69 Å². The number of amides is 1. The third kappa shape index (κ3) is 11.2. The third-order valence-electron chi connectivity index (χ3n) is 12.1. The van der Waals surface area contributed by atoms with Crippen LogP contribution < -0.4 is 9.47 Å². The van der Waals surface area contributed by atoms with E-state index in [1.807, 2.05) is 43.3 Å². The number of non-ortho nitro benzene ring substituents is 1. The average molecular weight is 869 g/mol. The van der Waals surface area contributed by atoms with Gasteiger partial charge in [0, 0.05) is 61.6 Å². The summed E-state index contributed by atoms with van der Waals surface area (Å²) in [5.41, 5.74) is 4.64. The molecular formula is C48H60N4O11. The topological polar surface area (TPSA) is 196 Å². The highest BCUT2D eigenvalue weighted by Gasteiger charge is 2.65. The number of benzene rings is 2. The van der Waals surface area contributed by atoms with Crippen LogP contribution in [0.15, 0.2) is 96.2 Å². The van der Waals surface area contributed by atoms with Gasteiger partial charge < -0.3 is 44.0 Å². The Balaban J connectivity index is 1.52. The highest BCUT2D eigenvalue weighted by atomic mass is 16.7. The smallest absolute Gasteiger partial charge is 0.269 e. The van der Waals surface area contributed by atoms with Crippen LogP contribution in [0.5, 0.6) is 11.5 Å². The number of carbonyl (C=O) groups is 1. The Hall–Kier alpha value is -5.45. The number of rotatable bonds is 24. The van der Waals surface area contributed by atoms with Crippen molar-refractivity contribution in [3.63, 3.8) is 0 Å². The van der Waals surface area contributed by atoms with E-state index in [-0.39, 0.29) is 82.7 Å². The van der Waals surface area contributed by atoms with E-state index in [0.717, 1.165) is 48.2 Å². The van der Waals surface area contributed by atoms with E-state index < -0.39 is 28.6 Å². The number of aryl methyl sites for hydroxylation is 1. The molecule has 6 unspecified atom stereocenters. The maximum absolute atomic E-state index is 14.7. The Bertz CT molecular complexity index is 2110. The van der Waals surface area contributed by atoms with Gasteiger partial charge in [0.2, 0.25) is 11.7 Å². The molecule has 0 radical (unpaired) electrons. The second-order valence-corrected chi connectivity index (χ2v) is 16.1. The largest absolute Gasteiger partial charge is 0.487 e. The molecular weight excluding hydrogens is 809 g/mol. The number of hydrogen-bond donors (Lipinski definition) is 3. The summed E-state index contributed by atoms with van der Waals surface area (Å²) in [6.45, 7) is 6.46. The zero-order chi connectivity index (χ0) is 44.8. The van der Waals surface area contributed by atoms with Crippen LogP contribution in [0.1, 0.15) is 73.4 Å². The van der Waals surface area contributed by atoms with Gasteiger partial charge in [-0.3, -0.25) is 19.9 Å². The predicted molar refractivity (Wildman–Crippen MR) is 237 cm³/mol. The number of unbranched alkanes of at least 4 members (excludes halogenated alkanes) is 2. The highest BCUT2D eigenvalue weighted by molar-refractivity contribution is 6.03. The number of nitro benzene ring substituents is 1. The first-order chi connectivity index (χ1) is 30.7. The first-order valence-electron chi connectivity index (χ1n) is 21.8. The van der Waals surface area contributed by atoms with E-state index in [1.165, 1.54) is 25.3 Å². The first-order valence-corrected chi connectivity index (χ1v) is 21.8. The summed E-state index contributed by atoms with van der Waals surface area (Å²) in [7, 11) is 1.49. The second kappa shape index (κ2) is 22.8. The lowest BCUT2D eigenvalue weighted by atomic mass is 9.55. The number of allylic oxidation sites excluding steroid dienone is 1. The van der Waals surface area contributed by atoms with Crippen molar-refractivity contribution in [2.24, 2.45) is 22.9 Å². The Morgan fingerprint density at radius 1 is 1.05 bits per heavy atom. The molecule has 2 aliphatic carbocycles. The molecule has 0 saturated heterocycles. The van der Waals surface area contributed by atoms with Crippen LogP contribution in [0.25, 0.3) is 6.08 Å². The number of nitrogens with zero attached hydrogens (tertiary/aromatic N) is 4. The van der Waals surface area contributed by atoms with Gasteiger partial charge in [-0.2, -0.15) is 0 Å². The molecule has 6 atom stereocenters. The van der Waals surface area contributed by atoms with E-state index >= 15 is 0 Å². The highest BCUT2D eigenvalue weighted by Crippen LogP contribution is 2.62. The molecule has 0 bridgehead atoms. The lowest BCUT2D eigenvalue weighted by molar-refractivity contribution is -0.384. The summed E-state index contributed by atoms with van der Waals surface area (Å²) in [4.78, 5) is 37.4. The Kier molecular flexibility index (Phi) is 17.0. The number of fused-ring (bicyclic) bond motifs is 2. The first kappa shape index (κ1) is 47.0. The Labute approximate surface area is 368 Å². The number of carbonyl (C=O) groups excluding carboxylic acids is 1.